The number of ether oxygens (including phenoxy) is 1. The van der Waals surface area contributed by atoms with Gasteiger partial charge in [-0.05, 0) is 50.5 Å². The van der Waals surface area contributed by atoms with Crippen LogP contribution in [0.25, 0.3) is 0 Å². The van der Waals surface area contributed by atoms with Crippen LogP contribution < -0.4 is 10.1 Å². The van der Waals surface area contributed by atoms with Gasteiger partial charge in [0.05, 0.1) is 13.5 Å². The number of carbonyl (C=O) groups is 2. The second-order valence-electron chi connectivity index (χ2n) is 8.20. The van der Waals surface area contributed by atoms with Crippen molar-refractivity contribution in [2.24, 2.45) is 0 Å². The third kappa shape index (κ3) is 6.93. The maximum atomic E-state index is 13.3. The van der Waals surface area contributed by atoms with E-state index in [2.05, 4.69) is 5.32 Å². The first-order chi connectivity index (χ1) is 13.7. The molecule has 0 aliphatic rings. The zero-order valence-corrected chi connectivity index (χ0v) is 18.1. The average Bonchev–Trinajstić information content (AvgIpc) is 2.67. The number of rotatable bonds is 8. The normalized spacial score (nSPS) is 12.2. The van der Waals surface area contributed by atoms with E-state index in [9.17, 15) is 9.59 Å². The molecule has 0 fully saturated rings. The Morgan fingerprint density at radius 2 is 1.62 bits per heavy atom. The minimum atomic E-state index is -0.528. The maximum absolute atomic E-state index is 13.3. The first-order valence-electron chi connectivity index (χ1n) is 10.0. The lowest BCUT2D eigenvalue weighted by atomic mass is 10.0. The highest BCUT2D eigenvalue weighted by atomic mass is 16.5. The van der Waals surface area contributed by atoms with E-state index in [4.69, 9.17) is 4.74 Å². The summed E-state index contributed by atoms with van der Waals surface area (Å²) < 4.78 is 5.19. The van der Waals surface area contributed by atoms with Crippen molar-refractivity contribution in [2.75, 3.05) is 7.11 Å². The summed E-state index contributed by atoms with van der Waals surface area (Å²) in [5.74, 6) is 0.548. The zero-order valence-electron chi connectivity index (χ0n) is 18.1. The summed E-state index contributed by atoms with van der Waals surface area (Å²) >= 11 is 0. The molecule has 1 N–H and O–H groups in total. The lowest BCUT2D eigenvalue weighted by Crippen LogP contribution is -2.53. The van der Waals surface area contributed by atoms with Crippen molar-refractivity contribution in [1.29, 1.82) is 0 Å². The molecular weight excluding hydrogens is 364 g/mol. The van der Waals surface area contributed by atoms with Crippen molar-refractivity contribution >= 4 is 11.8 Å². The molecule has 0 heterocycles. The van der Waals surface area contributed by atoms with Gasteiger partial charge in [-0.3, -0.25) is 9.59 Å². The fourth-order valence-corrected chi connectivity index (χ4v) is 3.17. The molecule has 156 valence electrons. The van der Waals surface area contributed by atoms with E-state index in [1.807, 2.05) is 82.3 Å². The number of benzene rings is 2. The van der Waals surface area contributed by atoms with Crippen LogP contribution in [0.3, 0.4) is 0 Å². The lowest BCUT2D eigenvalue weighted by molar-refractivity contribution is -0.141. The van der Waals surface area contributed by atoms with Crippen LogP contribution in [0.5, 0.6) is 5.75 Å². The van der Waals surface area contributed by atoms with Crippen LogP contribution in [0.15, 0.2) is 54.6 Å². The summed E-state index contributed by atoms with van der Waals surface area (Å²) in [5.41, 5.74) is 1.53. The highest BCUT2D eigenvalue weighted by molar-refractivity contribution is 5.88. The molecular formula is C24H32N2O3. The molecule has 2 aromatic rings. The van der Waals surface area contributed by atoms with Crippen LogP contribution in [0, 0.1) is 0 Å². The van der Waals surface area contributed by atoms with Gasteiger partial charge >= 0.3 is 0 Å². The molecule has 0 spiro atoms. The average molecular weight is 397 g/mol. The Balaban J connectivity index is 2.26. The number of methoxy groups -OCH3 is 1. The summed E-state index contributed by atoms with van der Waals surface area (Å²) in [5, 5.41) is 3.02. The van der Waals surface area contributed by atoms with E-state index in [0.717, 1.165) is 16.9 Å². The van der Waals surface area contributed by atoms with E-state index < -0.39 is 6.04 Å². The van der Waals surface area contributed by atoms with Crippen molar-refractivity contribution in [2.45, 2.75) is 58.7 Å². The first kappa shape index (κ1) is 22.5. The van der Waals surface area contributed by atoms with Gasteiger partial charge in [-0.1, -0.05) is 49.4 Å². The van der Waals surface area contributed by atoms with Gasteiger partial charge in [-0.25, -0.2) is 0 Å². The molecule has 2 rings (SSSR count). The SMILES string of the molecule is CC[C@@H](C(=O)NC(C)(C)C)N(Cc1ccccc1)C(=O)Cc1ccc(OC)cc1. The minimum Gasteiger partial charge on any atom is -0.497 e. The Hall–Kier alpha value is -2.82. The van der Waals surface area contributed by atoms with Crippen molar-refractivity contribution in [3.63, 3.8) is 0 Å². The lowest BCUT2D eigenvalue weighted by Gasteiger charge is -2.33. The van der Waals surface area contributed by atoms with Crippen LogP contribution >= 0.6 is 0 Å². The van der Waals surface area contributed by atoms with Crippen molar-refractivity contribution in [3.05, 3.63) is 65.7 Å². The Bertz CT molecular complexity index is 795. The minimum absolute atomic E-state index is 0.0741. The molecule has 5 nitrogen and oxygen atoms in total. The van der Waals surface area contributed by atoms with E-state index in [-0.39, 0.29) is 23.8 Å². The van der Waals surface area contributed by atoms with Crippen LogP contribution in [-0.2, 0) is 22.6 Å². The standard InChI is InChI=1S/C24H32N2O3/c1-6-21(23(28)25-24(2,3)4)26(17-19-10-8-7-9-11-19)22(27)16-18-12-14-20(29-5)15-13-18/h7-15,21H,6,16-17H2,1-5H3,(H,25,28)/t21-/m0/s1. The molecule has 0 saturated carbocycles. The topological polar surface area (TPSA) is 58.6 Å². The van der Waals surface area contributed by atoms with Gasteiger partial charge in [0.15, 0.2) is 0 Å². The second kappa shape index (κ2) is 10.1. The molecule has 5 heteroatoms. The maximum Gasteiger partial charge on any atom is 0.243 e. The van der Waals surface area contributed by atoms with Crippen LogP contribution in [0.1, 0.15) is 45.2 Å². The van der Waals surface area contributed by atoms with Crippen LogP contribution in [0.2, 0.25) is 0 Å². The highest BCUT2D eigenvalue weighted by Gasteiger charge is 2.30. The number of nitrogens with one attached hydrogen (secondary N) is 1. The largest absolute Gasteiger partial charge is 0.497 e. The summed E-state index contributed by atoms with van der Waals surface area (Å²) in [6.45, 7) is 8.16. The molecule has 29 heavy (non-hydrogen) atoms. The predicted molar refractivity (Wildman–Crippen MR) is 116 cm³/mol. The van der Waals surface area contributed by atoms with Gasteiger partial charge in [0.25, 0.3) is 0 Å². The fourth-order valence-electron chi connectivity index (χ4n) is 3.17. The molecule has 0 aromatic heterocycles. The molecule has 0 unspecified atom stereocenters. The molecule has 0 radical (unpaired) electrons. The van der Waals surface area contributed by atoms with Crippen LogP contribution in [0.4, 0.5) is 0 Å². The fraction of sp³-hybridized carbons (Fsp3) is 0.417. The second-order valence-corrected chi connectivity index (χ2v) is 8.20. The van der Waals surface area contributed by atoms with Crippen molar-refractivity contribution in [1.82, 2.24) is 10.2 Å². The summed E-state index contributed by atoms with van der Waals surface area (Å²) in [7, 11) is 1.61. The molecule has 0 aliphatic carbocycles. The summed E-state index contributed by atoms with van der Waals surface area (Å²) in [4.78, 5) is 27.9. The zero-order chi connectivity index (χ0) is 21.4. The Labute approximate surface area is 174 Å². The summed E-state index contributed by atoms with van der Waals surface area (Å²) in [6, 6.07) is 16.7. The van der Waals surface area contributed by atoms with Crippen molar-refractivity contribution in [3.8, 4) is 5.75 Å². The van der Waals surface area contributed by atoms with Gasteiger partial charge in [0, 0.05) is 12.1 Å². The van der Waals surface area contributed by atoms with E-state index in [0.29, 0.717) is 13.0 Å². The Morgan fingerprint density at radius 3 is 2.14 bits per heavy atom. The third-order valence-electron chi connectivity index (χ3n) is 4.59. The first-order valence-corrected chi connectivity index (χ1v) is 10.0. The van der Waals surface area contributed by atoms with E-state index in [1.165, 1.54) is 0 Å². The van der Waals surface area contributed by atoms with Gasteiger partial charge in [0.2, 0.25) is 11.8 Å². The number of amides is 2. The Kier molecular flexibility index (Phi) is 7.82. The van der Waals surface area contributed by atoms with E-state index in [1.54, 1.807) is 12.0 Å². The summed E-state index contributed by atoms with van der Waals surface area (Å²) in [6.07, 6.45) is 0.777. The van der Waals surface area contributed by atoms with E-state index >= 15 is 0 Å². The molecule has 1 atom stereocenters. The van der Waals surface area contributed by atoms with Gasteiger partial charge in [-0.2, -0.15) is 0 Å². The predicted octanol–water partition coefficient (Wildman–Crippen LogP) is 3.96. The molecule has 0 saturated heterocycles. The number of carbonyl (C=O) groups excluding carboxylic acids is 2. The van der Waals surface area contributed by atoms with Gasteiger partial charge in [0.1, 0.15) is 11.8 Å². The van der Waals surface area contributed by atoms with Crippen molar-refractivity contribution < 1.29 is 14.3 Å². The monoisotopic (exact) mass is 396 g/mol. The molecule has 0 aliphatic heterocycles. The number of hydrogen-bond acceptors (Lipinski definition) is 3. The molecule has 2 amide bonds. The quantitative estimate of drug-likeness (QED) is 0.735. The van der Waals surface area contributed by atoms with Gasteiger partial charge < -0.3 is 15.0 Å². The molecule has 0 bridgehead atoms. The molecule has 2 aromatic carbocycles. The Morgan fingerprint density at radius 1 is 1.00 bits per heavy atom. The van der Waals surface area contributed by atoms with Crippen LogP contribution in [-0.4, -0.2) is 35.4 Å². The smallest absolute Gasteiger partial charge is 0.243 e. The highest BCUT2D eigenvalue weighted by Crippen LogP contribution is 2.17. The third-order valence-corrected chi connectivity index (χ3v) is 4.59. The number of hydrogen-bond donors (Lipinski definition) is 1. The van der Waals surface area contributed by atoms with Gasteiger partial charge in [-0.15, -0.1) is 0 Å². The number of nitrogens with zero attached hydrogens (tertiary/aromatic N) is 1.